The maximum atomic E-state index is 13.6. The van der Waals surface area contributed by atoms with Crippen molar-refractivity contribution in [1.82, 2.24) is 9.62 Å². The van der Waals surface area contributed by atoms with Crippen molar-refractivity contribution in [3.05, 3.63) is 95.6 Å². The van der Waals surface area contributed by atoms with E-state index in [4.69, 9.17) is 11.5 Å². The van der Waals surface area contributed by atoms with Crippen LogP contribution in [0.4, 0.5) is 14.5 Å². The molecule has 2 heterocycles. The van der Waals surface area contributed by atoms with Crippen molar-refractivity contribution in [1.29, 1.82) is 0 Å². The average molecular weight is 498 g/mol. The quantitative estimate of drug-likeness (QED) is 0.458. The molecule has 2 aliphatic heterocycles. The van der Waals surface area contributed by atoms with Crippen LogP contribution < -0.4 is 21.7 Å². The Morgan fingerprint density at radius 2 is 1.37 bits per heavy atom. The van der Waals surface area contributed by atoms with Crippen molar-refractivity contribution in [2.45, 2.75) is 17.0 Å². The number of hydrogen-bond donors (Lipinski definition) is 3. The number of benzene rings is 3. The van der Waals surface area contributed by atoms with Crippen LogP contribution in [0.1, 0.15) is 23.2 Å². The molecule has 1 fully saturated rings. The molecule has 0 spiro atoms. The van der Waals surface area contributed by atoms with Gasteiger partial charge in [-0.15, -0.1) is 10.2 Å². The summed E-state index contributed by atoms with van der Waals surface area (Å²) in [7, 11) is -1.48. The van der Waals surface area contributed by atoms with Gasteiger partial charge in [-0.1, -0.05) is 36.4 Å². The van der Waals surface area contributed by atoms with Gasteiger partial charge in [0, 0.05) is 55.5 Å². The van der Waals surface area contributed by atoms with Crippen molar-refractivity contribution in [3.63, 3.8) is 0 Å². The largest absolute Gasteiger partial charge is 0.359 e. The molecule has 3 aromatic carbocycles. The topological polar surface area (TPSA) is 70.5 Å². The molecule has 0 aromatic heterocycles. The van der Waals surface area contributed by atoms with Gasteiger partial charge in [0.25, 0.3) is 0 Å². The van der Waals surface area contributed by atoms with Gasteiger partial charge >= 0.3 is 0 Å². The van der Waals surface area contributed by atoms with E-state index >= 15 is 0 Å². The number of nitrogens with two attached hydrogens (primary N) is 2. The zero-order valence-corrected chi connectivity index (χ0v) is 20.6. The van der Waals surface area contributed by atoms with Crippen LogP contribution in [-0.4, -0.2) is 48.7 Å². The molecule has 0 radical (unpaired) electrons. The van der Waals surface area contributed by atoms with E-state index in [1.807, 2.05) is 0 Å². The Hall–Kier alpha value is -2.49. The van der Waals surface area contributed by atoms with Gasteiger partial charge in [-0.2, -0.15) is 0 Å². The first-order valence-electron chi connectivity index (χ1n) is 12.1. The highest BCUT2D eigenvalue weighted by Gasteiger charge is 2.44. The molecule has 0 aliphatic carbocycles. The van der Waals surface area contributed by atoms with Gasteiger partial charge in [0.1, 0.15) is 11.6 Å². The van der Waals surface area contributed by atoms with Crippen molar-refractivity contribution in [2.24, 2.45) is 11.5 Å². The summed E-state index contributed by atoms with van der Waals surface area (Å²) in [5.41, 5.74) is 16.5. The first kappa shape index (κ1) is 24.2. The van der Waals surface area contributed by atoms with Crippen LogP contribution in [0, 0.1) is 11.6 Å². The van der Waals surface area contributed by atoms with Gasteiger partial charge < -0.3 is 21.7 Å². The Morgan fingerprint density at radius 1 is 0.800 bits per heavy atom. The van der Waals surface area contributed by atoms with E-state index in [9.17, 15) is 8.78 Å². The molecule has 35 heavy (non-hydrogen) atoms. The molecule has 3 atom stereocenters. The predicted molar refractivity (Wildman–Crippen MR) is 140 cm³/mol. The second-order valence-electron chi connectivity index (χ2n) is 9.32. The second kappa shape index (κ2) is 10.2. The van der Waals surface area contributed by atoms with Gasteiger partial charge in [-0.25, -0.2) is 8.78 Å². The molecule has 2 aliphatic rings. The zero-order valence-electron chi connectivity index (χ0n) is 19.7. The Morgan fingerprint density at radius 3 is 2.00 bits per heavy atom. The van der Waals surface area contributed by atoms with Gasteiger partial charge in [-0.05, 0) is 47.5 Å². The number of piperazine rings is 1. The molecule has 0 saturated carbocycles. The highest BCUT2D eigenvalue weighted by Crippen LogP contribution is 2.67. The molecule has 0 amide bonds. The Bertz CT molecular complexity index is 1140. The van der Waals surface area contributed by atoms with Crippen molar-refractivity contribution in [2.75, 3.05) is 49.3 Å². The monoisotopic (exact) mass is 497 g/mol. The molecular weight excluding hydrogens is 464 g/mol. The van der Waals surface area contributed by atoms with Crippen LogP contribution in [-0.2, 0) is 0 Å². The number of fused-ring (bicyclic) bond motifs is 1. The number of para-hydroxylation sites is 1. The fraction of sp³-hybridized carbons (Fsp3) is 0.333. The van der Waals surface area contributed by atoms with E-state index < -0.39 is 10.2 Å². The second-order valence-corrected chi connectivity index (χ2v) is 12.6. The maximum Gasteiger partial charge on any atom is 0.123 e. The summed E-state index contributed by atoms with van der Waals surface area (Å²) in [6, 6.07) is 21.2. The normalized spacial score (nSPS) is 23.9. The number of nitrogens with one attached hydrogen (secondary N) is 1. The van der Waals surface area contributed by atoms with E-state index in [0.29, 0.717) is 6.54 Å². The van der Waals surface area contributed by atoms with Crippen LogP contribution in [0.15, 0.2) is 77.7 Å². The lowest BCUT2D eigenvalue weighted by Crippen LogP contribution is -2.47. The highest BCUT2D eigenvalue weighted by atomic mass is 32.3. The number of halogens is 2. The standard InChI is InChI=1S/C27H33F2N5S/c28-22-9-5-20(6-10-22)24(30)17-33-19-35(34-15-13-32-14-16-34,27-4-2-1-3-26(27)33)18-25(31)21-7-11-23(29)12-8-21/h1-12,24-25,32H,13-19,30-31H2. The Labute approximate surface area is 207 Å². The molecule has 0 bridgehead atoms. The predicted octanol–water partition coefficient (Wildman–Crippen LogP) is 4.13. The third-order valence-corrected chi connectivity index (χ3v) is 11.2. The van der Waals surface area contributed by atoms with Crippen molar-refractivity contribution >= 4 is 15.9 Å². The number of hydrogen-bond acceptors (Lipinski definition) is 5. The summed E-state index contributed by atoms with van der Waals surface area (Å²) >= 11 is 0. The summed E-state index contributed by atoms with van der Waals surface area (Å²) < 4.78 is 29.6. The van der Waals surface area contributed by atoms with Gasteiger partial charge in [0.15, 0.2) is 0 Å². The smallest absolute Gasteiger partial charge is 0.123 e. The third-order valence-electron chi connectivity index (χ3n) is 7.02. The third kappa shape index (κ3) is 4.94. The maximum absolute atomic E-state index is 13.6. The first-order valence-corrected chi connectivity index (χ1v) is 14.0. The van der Waals surface area contributed by atoms with Crippen molar-refractivity contribution in [3.8, 4) is 0 Å². The van der Waals surface area contributed by atoms with Crippen LogP contribution in [0.2, 0.25) is 0 Å². The lowest BCUT2D eigenvalue weighted by atomic mass is 10.1. The van der Waals surface area contributed by atoms with Crippen LogP contribution in [0.3, 0.4) is 0 Å². The van der Waals surface area contributed by atoms with E-state index in [1.54, 1.807) is 24.3 Å². The van der Waals surface area contributed by atoms with Gasteiger partial charge in [0.2, 0.25) is 0 Å². The van der Waals surface area contributed by atoms with Crippen LogP contribution >= 0.6 is 10.2 Å². The average Bonchev–Trinajstić information content (AvgIpc) is 3.19. The molecule has 5 nitrogen and oxygen atoms in total. The van der Waals surface area contributed by atoms with Crippen molar-refractivity contribution < 1.29 is 8.78 Å². The molecular formula is C27H33F2N5S. The molecule has 5 rings (SSSR count). The molecule has 8 heteroatoms. The lowest BCUT2D eigenvalue weighted by molar-refractivity contribution is 0.385. The molecule has 5 N–H and O–H groups in total. The minimum Gasteiger partial charge on any atom is -0.359 e. The Balaban J connectivity index is 1.48. The summed E-state index contributed by atoms with van der Waals surface area (Å²) in [6.45, 7) is 4.43. The fourth-order valence-electron chi connectivity index (χ4n) is 5.21. The van der Waals surface area contributed by atoms with E-state index in [0.717, 1.165) is 48.9 Å². The minimum atomic E-state index is -1.48. The molecule has 1 saturated heterocycles. The molecule has 186 valence electrons. The summed E-state index contributed by atoms with van der Waals surface area (Å²) in [4.78, 5) is 3.73. The van der Waals surface area contributed by atoms with E-state index in [-0.39, 0.29) is 23.7 Å². The summed E-state index contributed by atoms with van der Waals surface area (Å²) in [6.07, 6.45) is 0. The van der Waals surface area contributed by atoms with E-state index in [2.05, 4.69) is 38.8 Å². The number of rotatable bonds is 7. The zero-order chi connectivity index (χ0) is 24.4. The van der Waals surface area contributed by atoms with E-state index in [1.165, 1.54) is 34.8 Å². The summed E-state index contributed by atoms with van der Waals surface area (Å²) in [5, 5.41) is 3.47. The number of nitrogens with zero attached hydrogens (tertiary/aromatic N) is 2. The minimum absolute atomic E-state index is 0.209. The Kier molecular flexibility index (Phi) is 7.09. The van der Waals surface area contributed by atoms with Crippen LogP contribution in [0.25, 0.3) is 0 Å². The van der Waals surface area contributed by atoms with Gasteiger partial charge in [-0.3, -0.25) is 4.31 Å². The molecule has 3 aromatic rings. The molecule has 3 unspecified atom stereocenters. The highest BCUT2D eigenvalue weighted by molar-refractivity contribution is 8.32. The fourth-order valence-corrected chi connectivity index (χ4v) is 9.63. The van der Waals surface area contributed by atoms with Gasteiger partial charge in [0.05, 0.1) is 11.6 Å². The number of anilines is 1. The first-order chi connectivity index (χ1) is 17.0. The SMILES string of the molecule is NC(CN1CS(CC(N)c2ccc(F)cc2)(N2CCNCC2)c2ccccc21)c1ccc(F)cc1. The lowest BCUT2D eigenvalue weighted by Gasteiger charge is -2.49. The summed E-state index contributed by atoms with van der Waals surface area (Å²) in [5.74, 6) is 1.12. The van der Waals surface area contributed by atoms with Crippen LogP contribution in [0.5, 0.6) is 0 Å².